The minimum atomic E-state index is -0.0913. The third-order valence-corrected chi connectivity index (χ3v) is 4.74. The lowest BCUT2D eigenvalue weighted by Crippen LogP contribution is -2.29. The lowest BCUT2D eigenvalue weighted by atomic mass is 10.1. The number of hydrogen-bond donors (Lipinski definition) is 2. The van der Waals surface area contributed by atoms with Gasteiger partial charge in [0, 0.05) is 28.4 Å². The zero-order valence-corrected chi connectivity index (χ0v) is 14.2. The molecule has 0 spiro atoms. The molecular weight excluding hydrogens is 308 g/mol. The van der Waals surface area contributed by atoms with Gasteiger partial charge in [0.2, 0.25) is 0 Å². The first-order chi connectivity index (χ1) is 11.1. The molecule has 1 atom stereocenters. The summed E-state index contributed by atoms with van der Waals surface area (Å²) in [7, 11) is 1.68. The summed E-state index contributed by atoms with van der Waals surface area (Å²) in [5.41, 5.74) is 6.88. The number of ether oxygens (including phenoxy) is 1. The SMILES string of the molecule is COc1ccccc1SCC(C)CNC(=O)c1cccc(N)c1. The number of carbonyl (C=O) groups excluding carboxylic acids is 1. The number of nitrogens with two attached hydrogens (primary N) is 1. The van der Waals surface area contributed by atoms with Crippen LogP contribution in [0.3, 0.4) is 0 Å². The van der Waals surface area contributed by atoms with Gasteiger partial charge in [0.05, 0.1) is 7.11 Å². The fraction of sp³-hybridized carbons (Fsp3) is 0.278. The van der Waals surface area contributed by atoms with Gasteiger partial charge in [0.15, 0.2) is 0 Å². The largest absolute Gasteiger partial charge is 0.496 e. The monoisotopic (exact) mass is 330 g/mol. The molecule has 0 aliphatic heterocycles. The summed E-state index contributed by atoms with van der Waals surface area (Å²) in [6.45, 7) is 2.73. The number of para-hydroxylation sites is 1. The molecule has 5 heteroatoms. The number of rotatable bonds is 7. The highest BCUT2D eigenvalue weighted by molar-refractivity contribution is 7.99. The van der Waals surface area contributed by atoms with E-state index in [1.54, 1.807) is 43.1 Å². The average Bonchev–Trinajstić information content (AvgIpc) is 2.58. The highest BCUT2D eigenvalue weighted by Gasteiger charge is 2.10. The van der Waals surface area contributed by atoms with Gasteiger partial charge in [-0.1, -0.05) is 25.1 Å². The summed E-state index contributed by atoms with van der Waals surface area (Å²) >= 11 is 1.73. The lowest BCUT2D eigenvalue weighted by Gasteiger charge is -2.14. The molecule has 0 aliphatic rings. The maximum Gasteiger partial charge on any atom is 0.251 e. The smallest absolute Gasteiger partial charge is 0.251 e. The zero-order valence-electron chi connectivity index (χ0n) is 13.4. The van der Waals surface area contributed by atoms with Gasteiger partial charge in [0.25, 0.3) is 5.91 Å². The summed E-state index contributed by atoms with van der Waals surface area (Å²) in [6, 6.07) is 14.9. The molecule has 2 rings (SSSR count). The van der Waals surface area contributed by atoms with E-state index in [2.05, 4.69) is 12.2 Å². The molecule has 1 unspecified atom stereocenters. The molecule has 0 heterocycles. The van der Waals surface area contributed by atoms with Crippen LogP contribution in [-0.4, -0.2) is 25.3 Å². The van der Waals surface area contributed by atoms with Crippen molar-refractivity contribution in [3.05, 3.63) is 54.1 Å². The Hall–Kier alpha value is -2.14. The van der Waals surface area contributed by atoms with E-state index >= 15 is 0 Å². The number of nitrogens with one attached hydrogen (secondary N) is 1. The second-order valence-electron chi connectivity index (χ2n) is 5.40. The fourth-order valence-corrected chi connectivity index (χ4v) is 3.13. The van der Waals surface area contributed by atoms with Crippen molar-refractivity contribution in [2.45, 2.75) is 11.8 Å². The minimum Gasteiger partial charge on any atom is -0.496 e. The van der Waals surface area contributed by atoms with Crippen LogP contribution in [0.2, 0.25) is 0 Å². The van der Waals surface area contributed by atoms with Crippen LogP contribution in [0, 0.1) is 5.92 Å². The van der Waals surface area contributed by atoms with Crippen LogP contribution >= 0.6 is 11.8 Å². The molecule has 0 aliphatic carbocycles. The first-order valence-corrected chi connectivity index (χ1v) is 8.48. The Morgan fingerprint density at radius 1 is 1.26 bits per heavy atom. The summed E-state index contributed by atoms with van der Waals surface area (Å²) in [6.07, 6.45) is 0. The number of nitrogen functional groups attached to an aromatic ring is 1. The van der Waals surface area contributed by atoms with Crippen LogP contribution in [0.4, 0.5) is 5.69 Å². The molecule has 4 nitrogen and oxygen atoms in total. The average molecular weight is 330 g/mol. The topological polar surface area (TPSA) is 64.3 Å². The summed E-state index contributed by atoms with van der Waals surface area (Å²) < 4.78 is 5.34. The molecule has 2 aromatic carbocycles. The van der Waals surface area contributed by atoms with Gasteiger partial charge in [0.1, 0.15) is 5.75 Å². The second-order valence-corrected chi connectivity index (χ2v) is 6.46. The number of methoxy groups -OCH3 is 1. The maximum atomic E-state index is 12.1. The van der Waals surface area contributed by atoms with Gasteiger partial charge in [-0.3, -0.25) is 4.79 Å². The molecule has 3 N–H and O–H groups in total. The Balaban J connectivity index is 1.81. The molecule has 122 valence electrons. The van der Waals surface area contributed by atoms with Crippen LogP contribution in [-0.2, 0) is 0 Å². The molecule has 23 heavy (non-hydrogen) atoms. The summed E-state index contributed by atoms with van der Waals surface area (Å²) in [5.74, 6) is 2.03. The Bertz CT molecular complexity index is 661. The van der Waals surface area contributed by atoms with Gasteiger partial charge >= 0.3 is 0 Å². The Morgan fingerprint density at radius 3 is 2.78 bits per heavy atom. The molecule has 1 amide bonds. The third-order valence-electron chi connectivity index (χ3n) is 3.35. The highest BCUT2D eigenvalue weighted by atomic mass is 32.2. The number of benzene rings is 2. The summed E-state index contributed by atoms with van der Waals surface area (Å²) in [4.78, 5) is 13.2. The van der Waals surface area contributed by atoms with E-state index in [1.165, 1.54) is 0 Å². The Morgan fingerprint density at radius 2 is 2.04 bits per heavy atom. The number of carbonyl (C=O) groups is 1. The summed E-state index contributed by atoms with van der Waals surface area (Å²) in [5, 5.41) is 2.95. The van der Waals surface area contributed by atoms with Crippen molar-refractivity contribution in [1.82, 2.24) is 5.32 Å². The van der Waals surface area contributed by atoms with Crippen molar-refractivity contribution in [1.29, 1.82) is 0 Å². The molecule has 0 radical (unpaired) electrons. The van der Waals surface area contributed by atoms with Gasteiger partial charge in [-0.05, 0) is 36.2 Å². The molecular formula is C18H22N2O2S. The fourth-order valence-electron chi connectivity index (χ4n) is 2.08. The quantitative estimate of drug-likeness (QED) is 0.603. The normalized spacial score (nSPS) is 11.7. The van der Waals surface area contributed by atoms with Crippen LogP contribution in [0.5, 0.6) is 5.75 Å². The van der Waals surface area contributed by atoms with Crippen molar-refractivity contribution >= 4 is 23.4 Å². The van der Waals surface area contributed by atoms with Gasteiger partial charge < -0.3 is 15.8 Å². The lowest BCUT2D eigenvalue weighted by molar-refractivity contribution is 0.0949. The van der Waals surface area contributed by atoms with Crippen molar-refractivity contribution in [2.75, 3.05) is 25.1 Å². The zero-order chi connectivity index (χ0) is 16.7. The molecule has 0 fully saturated rings. The Kier molecular flexibility index (Phi) is 6.35. The molecule has 0 saturated heterocycles. The van der Waals surface area contributed by atoms with E-state index in [1.807, 2.05) is 24.3 Å². The van der Waals surface area contributed by atoms with Crippen molar-refractivity contribution in [3.63, 3.8) is 0 Å². The van der Waals surface area contributed by atoms with Gasteiger partial charge in [-0.2, -0.15) is 0 Å². The third kappa shape index (κ3) is 5.21. The molecule has 0 aromatic heterocycles. The second kappa shape index (κ2) is 8.48. The van der Waals surface area contributed by atoms with Gasteiger partial charge in [-0.15, -0.1) is 11.8 Å². The minimum absolute atomic E-state index is 0.0913. The predicted molar refractivity (Wildman–Crippen MR) is 96.1 cm³/mol. The van der Waals surface area contributed by atoms with E-state index in [-0.39, 0.29) is 5.91 Å². The van der Waals surface area contributed by atoms with Crippen molar-refractivity contribution in [2.24, 2.45) is 5.92 Å². The van der Waals surface area contributed by atoms with Crippen LogP contribution in [0.25, 0.3) is 0 Å². The molecule has 0 saturated carbocycles. The van der Waals surface area contributed by atoms with Crippen LogP contribution in [0.15, 0.2) is 53.4 Å². The maximum absolute atomic E-state index is 12.1. The predicted octanol–water partition coefficient (Wildman–Crippen LogP) is 3.44. The number of anilines is 1. The van der Waals surface area contributed by atoms with Crippen LogP contribution < -0.4 is 15.8 Å². The molecule has 0 bridgehead atoms. The van der Waals surface area contributed by atoms with Crippen molar-refractivity contribution < 1.29 is 9.53 Å². The number of amides is 1. The first kappa shape index (κ1) is 17.2. The highest BCUT2D eigenvalue weighted by Crippen LogP contribution is 2.29. The van der Waals surface area contributed by atoms with Crippen LogP contribution in [0.1, 0.15) is 17.3 Å². The van der Waals surface area contributed by atoms with E-state index in [0.29, 0.717) is 23.7 Å². The van der Waals surface area contributed by atoms with E-state index < -0.39 is 0 Å². The Labute approximate surface area is 141 Å². The van der Waals surface area contributed by atoms with E-state index in [0.717, 1.165) is 16.4 Å². The van der Waals surface area contributed by atoms with E-state index in [4.69, 9.17) is 10.5 Å². The molecule has 2 aromatic rings. The standard InChI is InChI=1S/C18H22N2O2S/c1-13(12-23-17-9-4-3-8-16(17)22-2)11-20-18(21)14-6-5-7-15(19)10-14/h3-10,13H,11-12,19H2,1-2H3,(H,20,21). The number of thioether (sulfide) groups is 1. The van der Waals surface area contributed by atoms with Crippen molar-refractivity contribution in [3.8, 4) is 5.75 Å². The van der Waals surface area contributed by atoms with E-state index in [9.17, 15) is 4.79 Å². The first-order valence-electron chi connectivity index (χ1n) is 7.49. The van der Waals surface area contributed by atoms with Gasteiger partial charge in [-0.25, -0.2) is 0 Å². The number of hydrogen-bond acceptors (Lipinski definition) is 4.